The molecule has 0 bridgehead atoms. The molecule has 0 aliphatic heterocycles. The molecular formula is C21H22NO5P. The molecule has 3 aromatic rings. The topological polar surface area (TPSA) is 80.0 Å². The molecule has 28 heavy (non-hydrogen) atoms. The molecule has 0 fully saturated rings. The van der Waals surface area contributed by atoms with Gasteiger partial charge in [-0.2, -0.15) is 0 Å². The van der Waals surface area contributed by atoms with E-state index in [9.17, 15) is 4.57 Å². The number of phosphoric ester groups is 1. The van der Waals surface area contributed by atoms with Crippen molar-refractivity contribution in [3.8, 4) is 11.5 Å². The van der Waals surface area contributed by atoms with E-state index in [4.69, 9.17) is 24.0 Å². The molecule has 2 N–H and O–H groups in total. The summed E-state index contributed by atoms with van der Waals surface area (Å²) in [6.45, 7) is 0.115. The minimum Gasteiger partial charge on any atom is -0.493 e. The molecule has 0 saturated carbocycles. The Balaban J connectivity index is 1.82. The summed E-state index contributed by atoms with van der Waals surface area (Å²) in [7, 11) is -2.52. The number of para-hydroxylation sites is 1. The van der Waals surface area contributed by atoms with Gasteiger partial charge in [-0.3, -0.25) is 9.05 Å². The molecule has 0 aliphatic carbocycles. The molecule has 0 aromatic heterocycles. The molecule has 146 valence electrons. The zero-order valence-electron chi connectivity index (χ0n) is 15.5. The van der Waals surface area contributed by atoms with E-state index in [0.717, 1.165) is 11.1 Å². The fourth-order valence-corrected chi connectivity index (χ4v) is 3.66. The zero-order valence-corrected chi connectivity index (χ0v) is 16.4. The Morgan fingerprint density at radius 1 is 0.786 bits per heavy atom. The highest BCUT2D eigenvalue weighted by atomic mass is 31.2. The molecule has 0 radical (unpaired) electrons. The minimum atomic E-state index is -4.00. The standard InChI is InChI=1S/C21H22NO5P/c1-24-20-14-8-13-19(22)21(20)27-28(23,25-15-17-9-4-2-5-10-17)26-16-18-11-6-3-7-12-18/h2-14H,15-16,22H2,1H3. The summed E-state index contributed by atoms with van der Waals surface area (Å²) in [5.41, 5.74) is 7.92. The van der Waals surface area contributed by atoms with Crippen LogP contribution in [0.4, 0.5) is 5.69 Å². The number of phosphoric acid groups is 1. The Bertz CT molecular complexity index is 887. The van der Waals surface area contributed by atoms with Crippen molar-refractivity contribution in [2.75, 3.05) is 12.8 Å². The van der Waals surface area contributed by atoms with Gasteiger partial charge in [0.1, 0.15) is 0 Å². The molecule has 0 heterocycles. The molecular weight excluding hydrogens is 377 g/mol. The lowest BCUT2D eigenvalue weighted by Crippen LogP contribution is -2.06. The number of hydrogen-bond acceptors (Lipinski definition) is 6. The number of rotatable bonds is 9. The van der Waals surface area contributed by atoms with Gasteiger partial charge >= 0.3 is 7.82 Å². The summed E-state index contributed by atoms with van der Waals surface area (Å²) in [6.07, 6.45) is 0. The monoisotopic (exact) mass is 399 g/mol. The van der Waals surface area contributed by atoms with Crippen LogP contribution in [0, 0.1) is 0 Å². The van der Waals surface area contributed by atoms with Crippen LogP contribution in [0.1, 0.15) is 11.1 Å². The third-order valence-corrected chi connectivity index (χ3v) is 5.19. The average Bonchev–Trinajstić information content (AvgIpc) is 2.74. The maximum atomic E-state index is 13.4. The Hall–Kier alpha value is -2.79. The van der Waals surface area contributed by atoms with Crippen LogP contribution in [0.2, 0.25) is 0 Å². The maximum Gasteiger partial charge on any atom is 0.530 e. The average molecular weight is 399 g/mol. The van der Waals surface area contributed by atoms with Crippen LogP contribution in [0.25, 0.3) is 0 Å². The smallest absolute Gasteiger partial charge is 0.493 e. The van der Waals surface area contributed by atoms with Gasteiger partial charge in [-0.05, 0) is 23.3 Å². The first-order valence-corrected chi connectivity index (χ1v) is 10.1. The molecule has 0 amide bonds. The van der Waals surface area contributed by atoms with Crippen LogP contribution in [-0.4, -0.2) is 7.11 Å². The number of ether oxygens (including phenoxy) is 1. The molecule has 0 atom stereocenters. The Morgan fingerprint density at radius 3 is 1.82 bits per heavy atom. The van der Waals surface area contributed by atoms with E-state index >= 15 is 0 Å². The Labute approximate surface area is 164 Å². The summed E-state index contributed by atoms with van der Waals surface area (Å²) >= 11 is 0. The maximum absolute atomic E-state index is 13.4. The summed E-state index contributed by atoms with van der Waals surface area (Å²) < 4.78 is 35.5. The van der Waals surface area contributed by atoms with Crippen molar-refractivity contribution in [3.63, 3.8) is 0 Å². The lowest BCUT2D eigenvalue weighted by atomic mass is 10.2. The number of benzene rings is 3. The van der Waals surface area contributed by atoms with E-state index < -0.39 is 7.82 Å². The van der Waals surface area contributed by atoms with E-state index in [0.29, 0.717) is 5.75 Å². The van der Waals surface area contributed by atoms with E-state index in [2.05, 4.69) is 0 Å². The van der Waals surface area contributed by atoms with Gasteiger partial charge in [0.25, 0.3) is 0 Å². The van der Waals surface area contributed by atoms with Crippen molar-refractivity contribution in [1.29, 1.82) is 0 Å². The lowest BCUT2D eigenvalue weighted by molar-refractivity contribution is 0.142. The van der Waals surface area contributed by atoms with Gasteiger partial charge < -0.3 is 15.0 Å². The molecule has 0 saturated heterocycles. The number of nitrogens with two attached hydrogens (primary N) is 1. The van der Waals surface area contributed by atoms with Crippen molar-refractivity contribution >= 4 is 13.5 Å². The largest absolute Gasteiger partial charge is 0.530 e. The van der Waals surface area contributed by atoms with Crippen LogP contribution >= 0.6 is 7.82 Å². The van der Waals surface area contributed by atoms with Crippen molar-refractivity contribution in [1.82, 2.24) is 0 Å². The summed E-state index contributed by atoms with van der Waals surface area (Å²) in [5.74, 6) is 0.460. The quantitative estimate of drug-likeness (QED) is 0.394. The number of methoxy groups -OCH3 is 1. The SMILES string of the molecule is COc1cccc(N)c1OP(=O)(OCc1ccccc1)OCc1ccccc1. The van der Waals surface area contributed by atoms with Gasteiger partial charge in [-0.1, -0.05) is 66.7 Å². The van der Waals surface area contributed by atoms with E-state index in [1.807, 2.05) is 60.7 Å². The van der Waals surface area contributed by atoms with Crippen LogP contribution < -0.4 is 15.0 Å². The summed E-state index contributed by atoms with van der Waals surface area (Å²) in [4.78, 5) is 0. The van der Waals surface area contributed by atoms with Crippen molar-refractivity contribution < 1.29 is 22.9 Å². The van der Waals surface area contributed by atoms with Crippen LogP contribution in [-0.2, 0) is 26.8 Å². The third kappa shape index (κ3) is 5.36. The minimum absolute atomic E-state index is 0.0575. The second kappa shape index (κ2) is 9.42. The molecule has 0 unspecified atom stereocenters. The van der Waals surface area contributed by atoms with Gasteiger partial charge in [0.2, 0.25) is 0 Å². The predicted molar refractivity (Wildman–Crippen MR) is 108 cm³/mol. The summed E-state index contributed by atoms with van der Waals surface area (Å²) in [5, 5.41) is 0. The molecule has 3 aromatic carbocycles. The first-order valence-electron chi connectivity index (χ1n) is 8.69. The first-order chi connectivity index (χ1) is 13.6. The summed E-state index contributed by atoms with van der Waals surface area (Å²) in [6, 6.07) is 23.7. The highest BCUT2D eigenvalue weighted by Gasteiger charge is 2.31. The van der Waals surface area contributed by atoms with E-state index in [1.165, 1.54) is 7.11 Å². The fourth-order valence-electron chi connectivity index (χ4n) is 2.45. The number of nitrogen functional groups attached to an aromatic ring is 1. The van der Waals surface area contributed by atoms with Crippen molar-refractivity contribution in [3.05, 3.63) is 90.0 Å². The van der Waals surface area contributed by atoms with Gasteiger partial charge in [0, 0.05) is 0 Å². The lowest BCUT2D eigenvalue weighted by Gasteiger charge is -2.21. The molecule has 3 rings (SSSR count). The second-order valence-corrected chi connectivity index (χ2v) is 7.53. The van der Waals surface area contributed by atoms with Crippen molar-refractivity contribution in [2.24, 2.45) is 0 Å². The van der Waals surface area contributed by atoms with Crippen LogP contribution in [0.15, 0.2) is 78.9 Å². The molecule has 6 nitrogen and oxygen atoms in total. The van der Waals surface area contributed by atoms with Gasteiger partial charge in [-0.15, -0.1) is 0 Å². The van der Waals surface area contributed by atoms with Crippen LogP contribution in [0.3, 0.4) is 0 Å². The highest BCUT2D eigenvalue weighted by molar-refractivity contribution is 7.48. The Morgan fingerprint density at radius 2 is 1.32 bits per heavy atom. The highest BCUT2D eigenvalue weighted by Crippen LogP contribution is 2.54. The van der Waals surface area contributed by atoms with Crippen LogP contribution in [0.5, 0.6) is 11.5 Å². The second-order valence-electron chi connectivity index (χ2n) is 5.94. The van der Waals surface area contributed by atoms with Gasteiger partial charge in [0.05, 0.1) is 26.0 Å². The normalized spacial score (nSPS) is 11.2. The first kappa shape index (κ1) is 20.0. The zero-order chi connectivity index (χ0) is 19.8. The fraction of sp³-hybridized carbons (Fsp3) is 0.143. The van der Waals surface area contributed by atoms with E-state index in [-0.39, 0.29) is 24.7 Å². The van der Waals surface area contributed by atoms with Gasteiger partial charge in [-0.25, -0.2) is 4.57 Å². The van der Waals surface area contributed by atoms with Crippen molar-refractivity contribution in [2.45, 2.75) is 13.2 Å². The molecule has 0 spiro atoms. The molecule has 0 aliphatic rings. The number of hydrogen-bond donors (Lipinski definition) is 1. The van der Waals surface area contributed by atoms with E-state index in [1.54, 1.807) is 18.2 Å². The number of anilines is 1. The van der Waals surface area contributed by atoms with Gasteiger partial charge in [0.15, 0.2) is 11.5 Å². The Kier molecular flexibility index (Phi) is 6.71. The third-order valence-electron chi connectivity index (χ3n) is 3.90. The molecule has 7 heteroatoms. The predicted octanol–water partition coefficient (Wildman–Crippen LogP) is 5.20.